The van der Waals surface area contributed by atoms with E-state index in [0.717, 1.165) is 50.5 Å². The molecule has 4 heteroatoms. The molecule has 4 nitrogen and oxygen atoms in total. The molecule has 0 aromatic heterocycles. The van der Waals surface area contributed by atoms with Gasteiger partial charge < -0.3 is 19.5 Å². The molecular formula is C19H31NO3. The topological polar surface area (TPSA) is 41.9 Å². The Morgan fingerprint density at radius 2 is 2.00 bits per heavy atom. The molecule has 0 amide bonds. The highest BCUT2D eigenvalue weighted by Crippen LogP contribution is 2.20. The first-order chi connectivity index (χ1) is 11.1. The lowest BCUT2D eigenvalue weighted by molar-refractivity contribution is 0.0378. The van der Waals surface area contributed by atoms with Crippen molar-refractivity contribution < 1.29 is 14.6 Å². The van der Waals surface area contributed by atoms with Crippen molar-refractivity contribution in [1.82, 2.24) is 4.90 Å². The van der Waals surface area contributed by atoms with E-state index in [9.17, 15) is 5.11 Å². The van der Waals surface area contributed by atoms with Crippen LogP contribution in [-0.2, 0) is 4.74 Å². The third kappa shape index (κ3) is 6.13. The van der Waals surface area contributed by atoms with Gasteiger partial charge in [0.2, 0.25) is 0 Å². The maximum atomic E-state index is 10.2. The molecule has 0 bridgehead atoms. The van der Waals surface area contributed by atoms with Crippen LogP contribution < -0.4 is 4.74 Å². The maximum absolute atomic E-state index is 10.2. The van der Waals surface area contributed by atoms with Crippen LogP contribution in [0.2, 0.25) is 0 Å². The summed E-state index contributed by atoms with van der Waals surface area (Å²) in [6, 6.07) is 6.16. The predicted molar refractivity (Wildman–Crippen MR) is 93.1 cm³/mol. The van der Waals surface area contributed by atoms with E-state index in [2.05, 4.69) is 24.0 Å². The Balaban J connectivity index is 1.69. The van der Waals surface area contributed by atoms with Crippen LogP contribution >= 0.6 is 0 Å². The average Bonchev–Trinajstić information content (AvgIpc) is 2.55. The maximum Gasteiger partial charge on any atom is 0.122 e. The zero-order valence-corrected chi connectivity index (χ0v) is 14.8. The van der Waals surface area contributed by atoms with Gasteiger partial charge in [-0.15, -0.1) is 0 Å². The fourth-order valence-electron chi connectivity index (χ4n) is 3.02. The molecule has 23 heavy (non-hydrogen) atoms. The van der Waals surface area contributed by atoms with Crippen LogP contribution in [-0.4, -0.2) is 55.6 Å². The summed E-state index contributed by atoms with van der Waals surface area (Å²) in [7, 11) is 0. The summed E-state index contributed by atoms with van der Waals surface area (Å²) in [6.45, 7) is 10.9. The lowest BCUT2D eigenvalue weighted by Crippen LogP contribution is -2.41. The Morgan fingerprint density at radius 1 is 1.26 bits per heavy atom. The lowest BCUT2D eigenvalue weighted by Gasteiger charge is -2.33. The van der Waals surface area contributed by atoms with Crippen molar-refractivity contribution in [3.05, 3.63) is 29.3 Å². The number of hydrogen-bond donors (Lipinski definition) is 1. The molecule has 1 N–H and O–H groups in total. The minimum atomic E-state index is -0.446. The van der Waals surface area contributed by atoms with Gasteiger partial charge in [-0.25, -0.2) is 0 Å². The second-order valence-corrected chi connectivity index (χ2v) is 6.64. The second kappa shape index (κ2) is 9.26. The summed E-state index contributed by atoms with van der Waals surface area (Å²) in [5.41, 5.74) is 2.29. The molecule has 1 saturated heterocycles. The van der Waals surface area contributed by atoms with Crippen LogP contribution in [0.25, 0.3) is 0 Å². The highest BCUT2D eigenvalue weighted by molar-refractivity contribution is 5.35. The molecular weight excluding hydrogens is 290 g/mol. The molecule has 1 aromatic carbocycles. The van der Waals surface area contributed by atoms with Crippen molar-refractivity contribution >= 4 is 0 Å². The zero-order valence-electron chi connectivity index (χ0n) is 14.8. The minimum Gasteiger partial charge on any atom is -0.491 e. The molecule has 0 saturated carbocycles. The van der Waals surface area contributed by atoms with Gasteiger partial charge in [-0.1, -0.05) is 12.1 Å². The van der Waals surface area contributed by atoms with Gasteiger partial charge in [0.25, 0.3) is 0 Å². The van der Waals surface area contributed by atoms with Gasteiger partial charge in [0, 0.05) is 19.8 Å². The summed E-state index contributed by atoms with van der Waals surface area (Å²) >= 11 is 0. The second-order valence-electron chi connectivity index (χ2n) is 6.64. The molecule has 0 radical (unpaired) electrons. The monoisotopic (exact) mass is 321 g/mol. The summed E-state index contributed by atoms with van der Waals surface area (Å²) in [6.07, 6.45) is 1.87. The Bertz CT molecular complexity index is 470. The van der Waals surface area contributed by atoms with Crippen LogP contribution in [0.15, 0.2) is 18.2 Å². The largest absolute Gasteiger partial charge is 0.491 e. The number of nitrogens with zero attached hydrogens (tertiary/aromatic N) is 1. The van der Waals surface area contributed by atoms with Crippen molar-refractivity contribution in [2.45, 2.75) is 39.7 Å². The minimum absolute atomic E-state index is 0.350. The molecule has 1 atom stereocenters. The lowest BCUT2D eigenvalue weighted by atomic mass is 9.97. The van der Waals surface area contributed by atoms with Crippen LogP contribution in [0, 0.1) is 19.8 Å². The van der Waals surface area contributed by atoms with Gasteiger partial charge in [0.05, 0.1) is 0 Å². The molecule has 0 spiro atoms. The van der Waals surface area contributed by atoms with Crippen LogP contribution in [0.3, 0.4) is 0 Å². The molecule has 0 aliphatic carbocycles. The average molecular weight is 321 g/mol. The number of β-amino-alcohol motifs (C(OH)–C–C–N with tert-alkyl or cyclic N) is 1. The smallest absolute Gasteiger partial charge is 0.122 e. The number of aliphatic hydroxyl groups excluding tert-OH is 1. The summed E-state index contributed by atoms with van der Waals surface area (Å²) in [5.74, 6) is 1.55. The number of ether oxygens (including phenoxy) is 2. The molecule has 1 unspecified atom stereocenters. The number of hydrogen-bond acceptors (Lipinski definition) is 4. The first-order valence-corrected chi connectivity index (χ1v) is 8.76. The van der Waals surface area contributed by atoms with Crippen LogP contribution in [0.1, 0.15) is 30.9 Å². The predicted octanol–water partition coefficient (Wildman–Crippen LogP) is 2.79. The SMILES string of the molecule is CCOCC1CCN(CC(O)COc2cc(C)ccc2C)CC1. The molecule has 2 rings (SSSR count). The van der Waals surface area contributed by atoms with Gasteiger partial charge >= 0.3 is 0 Å². The molecule has 130 valence electrons. The standard InChI is InChI=1S/C19H31NO3/c1-4-22-13-17-7-9-20(10-8-17)12-18(21)14-23-19-11-15(2)5-6-16(19)3/h5-6,11,17-18,21H,4,7-10,12-14H2,1-3H3. The van der Waals surface area contributed by atoms with E-state index in [1.54, 1.807) is 0 Å². The number of piperidine rings is 1. The molecule has 1 fully saturated rings. The first kappa shape index (κ1) is 18.2. The van der Waals surface area contributed by atoms with Gasteiger partial charge in [0.1, 0.15) is 18.5 Å². The third-order valence-corrected chi connectivity index (χ3v) is 4.51. The summed E-state index contributed by atoms with van der Waals surface area (Å²) in [5, 5.41) is 10.2. The summed E-state index contributed by atoms with van der Waals surface area (Å²) in [4.78, 5) is 2.33. The van der Waals surface area contributed by atoms with Crippen LogP contribution in [0.4, 0.5) is 0 Å². The Hall–Kier alpha value is -1.10. The molecule has 1 aliphatic rings. The van der Waals surface area contributed by atoms with Gasteiger partial charge in [0.15, 0.2) is 0 Å². The Kier molecular flexibility index (Phi) is 7.34. The number of aliphatic hydroxyl groups is 1. The van der Waals surface area contributed by atoms with E-state index in [1.165, 1.54) is 5.56 Å². The van der Waals surface area contributed by atoms with E-state index < -0.39 is 6.10 Å². The quantitative estimate of drug-likeness (QED) is 0.799. The van der Waals surface area contributed by atoms with Crippen molar-refractivity contribution in [2.24, 2.45) is 5.92 Å². The number of benzene rings is 1. The summed E-state index contributed by atoms with van der Waals surface area (Å²) < 4.78 is 11.3. The van der Waals surface area contributed by atoms with E-state index in [4.69, 9.17) is 9.47 Å². The van der Waals surface area contributed by atoms with Gasteiger partial charge in [-0.05, 0) is 69.8 Å². The number of likely N-dealkylation sites (tertiary alicyclic amines) is 1. The van der Waals surface area contributed by atoms with E-state index >= 15 is 0 Å². The Labute approximate surface area is 140 Å². The van der Waals surface area contributed by atoms with E-state index in [0.29, 0.717) is 19.1 Å². The van der Waals surface area contributed by atoms with Crippen molar-refractivity contribution in [1.29, 1.82) is 0 Å². The Morgan fingerprint density at radius 3 is 2.70 bits per heavy atom. The van der Waals surface area contributed by atoms with Gasteiger partial charge in [-0.3, -0.25) is 0 Å². The van der Waals surface area contributed by atoms with Gasteiger partial charge in [-0.2, -0.15) is 0 Å². The van der Waals surface area contributed by atoms with Crippen molar-refractivity contribution in [2.75, 3.05) is 39.5 Å². The molecule has 1 aromatic rings. The highest BCUT2D eigenvalue weighted by atomic mass is 16.5. The number of aryl methyl sites for hydroxylation is 2. The normalized spacial score (nSPS) is 18.1. The third-order valence-electron chi connectivity index (χ3n) is 4.51. The fraction of sp³-hybridized carbons (Fsp3) is 0.684. The van der Waals surface area contributed by atoms with Crippen LogP contribution in [0.5, 0.6) is 5.75 Å². The van der Waals surface area contributed by atoms with Crippen molar-refractivity contribution in [3.63, 3.8) is 0 Å². The van der Waals surface area contributed by atoms with E-state index in [1.807, 2.05) is 19.9 Å². The molecule has 1 aliphatic heterocycles. The first-order valence-electron chi connectivity index (χ1n) is 8.76. The fourth-order valence-corrected chi connectivity index (χ4v) is 3.02. The zero-order chi connectivity index (χ0) is 16.7. The molecule has 1 heterocycles. The number of rotatable bonds is 8. The van der Waals surface area contributed by atoms with E-state index in [-0.39, 0.29) is 0 Å². The van der Waals surface area contributed by atoms with Crippen molar-refractivity contribution in [3.8, 4) is 5.75 Å². The highest BCUT2D eigenvalue weighted by Gasteiger charge is 2.21.